The van der Waals surface area contributed by atoms with Gasteiger partial charge in [-0.3, -0.25) is 0 Å². The van der Waals surface area contributed by atoms with Crippen molar-refractivity contribution in [2.45, 2.75) is 31.2 Å². The Labute approximate surface area is 187 Å². The smallest absolute Gasteiger partial charge is 0.238 e. The van der Waals surface area contributed by atoms with Crippen LogP contribution in [0.25, 0.3) is 0 Å². The average molecular weight is 468 g/mol. The number of primary sulfonamides is 1. The first kappa shape index (κ1) is 22.9. The lowest BCUT2D eigenvalue weighted by Gasteiger charge is -2.20. The molecular weight excluding hydrogens is 442 g/mol. The van der Waals surface area contributed by atoms with E-state index < -0.39 is 10.0 Å². The van der Waals surface area contributed by atoms with Crippen molar-refractivity contribution >= 4 is 39.3 Å². The summed E-state index contributed by atoms with van der Waals surface area (Å²) in [4.78, 5) is 3.40. The molecule has 0 radical (unpaired) electrons. The third kappa shape index (κ3) is 6.63. The number of halogens is 1. The van der Waals surface area contributed by atoms with Gasteiger partial charge in [0.05, 0.1) is 4.90 Å². The van der Waals surface area contributed by atoms with Crippen molar-refractivity contribution in [1.29, 1.82) is 0 Å². The summed E-state index contributed by atoms with van der Waals surface area (Å²) in [5.74, 6) is 0. The van der Waals surface area contributed by atoms with Crippen LogP contribution in [0.3, 0.4) is 0 Å². The molecule has 0 spiro atoms. The SMILES string of the molecule is Cc1ccc(NC2=CN(CC(C)NCCc3ccc(S(N)(=O)=O)cc3)NS2)cc1Cl. The monoisotopic (exact) mass is 467 g/mol. The number of nitrogens with two attached hydrogens (primary N) is 1. The van der Waals surface area contributed by atoms with Crippen LogP contribution in [0.1, 0.15) is 18.1 Å². The van der Waals surface area contributed by atoms with Crippen LogP contribution in [-0.2, 0) is 16.4 Å². The van der Waals surface area contributed by atoms with Crippen LogP contribution < -0.4 is 20.6 Å². The van der Waals surface area contributed by atoms with Crippen molar-refractivity contribution in [2.24, 2.45) is 5.14 Å². The van der Waals surface area contributed by atoms with Gasteiger partial charge < -0.3 is 15.6 Å². The van der Waals surface area contributed by atoms with E-state index in [0.29, 0.717) is 0 Å². The summed E-state index contributed by atoms with van der Waals surface area (Å²) in [5.41, 5.74) is 3.06. The fraction of sp³-hybridized carbons (Fsp3) is 0.300. The van der Waals surface area contributed by atoms with Gasteiger partial charge in [0, 0.05) is 29.5 Å². The third-order valence-electron chi connectivity index (χ3n) is 4.61. The molecule has 7 nitrogen and oxygen atoms in total. The summed E-state index contributed by atoms with van der Waals surface area (Å²) in [5, 5.41) is 15.7. The number of anilines is 1. The van der Waals surface area contributed by atoms with Crippen molar-refractivity contribution in [3.8, 4) is 0 Å². The van der Waals surface area contributed by atoms with Crippen LogP contribution in [0.2, 0.25) is 5.02 Å². The lowest BCUT2D eigenvalue weighted by atomic mass is 10.1. The molecule has 0 aliphatic carbocycles. The van der Waals surface area contributed by atoms with Crippen LogP contribution in [-0.4, -0.2) is 32.6 Å². The minimum atomic E-state index is -3.64. The topological polar surface area (TPSA) is 99.5 Å². The Hall–Kier alpha value is -1.75. The Bertz CT molecular complexity index is 1010. The van der Waals surface area contributed by atoms with Crippen LogP contribution >= 0.6 is 23.5 Å². The molecule has 10 heteroatoms. The van der Waals surface area contributed by atoms with Crippen LogP contribution in [0, 0.1) is 6.92 Å². The van der Waals surface area contributed by atoms with Crippen LogP contribution in [0.4, 0.5) is 5.69 Å². The van der Waals surface area contributed by atoms with Gasteiger partial charge in [-0.2, -0.15) is 4.83 Å². The molecule has 162 valence electrons. The molecule has 3 rings (SSSR count). The summed E-state index contributed by atoms with van der Waals surface area (Å²) < 4.78 is 22.6. The van der Waals surface area contributed by atoms with E-state index in [1.165, 1.54) is 11.9 Å². The fourth-order valence-corrected chi connectivity index (χ4v) is 4.32. The fourth-order valence-electron chi connectivity index (χ4n) is 2.93. The standard InChI is InChI=1S/C20H26ClN5O2S2/c1-14-3-6-17(11-19(14)21)24-20-13-26(25-29-20)12-15(2)23-10-9-16-4-7-18(8-5-16)30(22,27)28/h3-8,11,13,15,23-25H,9-10,12H2,1-2H3,(H2,22,27,28). The van der Waals surface area contributed by atoms with Crippen molar-refractivity contribution in [3.63, 3.8) is 0 Å². The molecule has 0 bridgehead atoms. The molecular formula is C20H26ClN5O2S2. The number of aryl methyl sites for hydroxylation is 1. The second-order valence-electron chi connectivity index (χ2n) is 7.22. The normalized spacial score (nSPS) is 15.2. The van der Waals surface area contributed by atoms with E-state index in [2.05, 4.69) is 22.4 Å². The molecule has 0 saturated carbocycles. The largest absolute Gasteiger partial charge is 0.348 e. The average Bonchev–Trinajstić information content (AvgIpc) is 3.11. The highest BCUT2D eigenvalue weighted by Crippen LogP contribution is 2.26. The molecule has 30 heavy (non-hydrogen) atoms. The molecule has 1 aliphatic heterocycles. The highest BCUT2D eigenvalue weighted by molar-refractivity contribution is 8.01. The Morgan fingerprint density at radius 2 is 1.97 bits per heavy atom. The minimum Gasteiger partial charge on any atom is -0.348 e. The lowest BCUT2D eigenvalue weighted by Crippen LogP contribution is -2.40. The zero-order valence-corrected chi connectivity index (χ0v) is 19.2. The highest BCUT2D eigenvalue weighted by atomic mass is 35.5. The van der Waals surface area contributed by atoms with Crippen molar-refractivity contribution in [3.05, 3.63) is 69.8 Å². The number of hydrogen-bond donors (Lipinski definition) is 4. The van der Waals surface area contributed by atoms with Gasteiger partial charge in [0.15, 0.2) is 0 Å². The first-order chi connectivity index (χ1) is 14.2. The number of rotatable bonds is 9. The molecule has 1 unspecified atom stereocenters. The van der Waals surface area contributed by atoms with Gasteiger partial charge in [-0.25, -0.2) is 13.6 Å². The molecule has 2 aromatic rings. The van der Waals surface area contributed by atoms with Crippen molar-refractivity contribution in [2.75, 3.05) is 18.4 Å². The molecule has 5 N–H and O–H groups in total. The quantitative estimate of drug-likeness (QED) is 0.420. The number of hydrogen-bond acceptors (Lipinski definition) is 7. The predicted octanol–water partition coefficient (Wildman–Crippen LogP) is 3.20. The van der Waals surface area contributed by atoms with Gasteiger partial charge in [-0.15, -0.1) is 0 Å². The van der Waals surface area contributed by atoms with Gasteiger partial charge in [0.1, 0.15) is 5.03 Å². The van der Waals surface area contributed by atoms with E-state index in [1.807, 2.05) is 36.3 Å². The molecule has 0 saturated heterocycles. The third-order valence-corrected chi connectivity index (χ3v) is 6.70. The Morgan fingerprint density at radius 3 is 2.63 bits per heavy atom. The first-order valence-corrected chi connectivity index (χ1v) is 12.2. The highest BCUT2D eigenvalue weighted by Gasteiger charge is 2.15. The molecule has 1 heterocycles. The maximum atomic E-state index is 11.3. The summed E-state index contributed by atoms with van der Waals surface area (Å²) in [7, 11) is -3.64. The van der Waals surface area contributed by atoms with Gasteiger partial charge in [0.25, 0.3) is 0 Å². The van der Waals surface area contributed by atoms with E-state index in [-0.39, 0.29) is 10.9 Å². The maximum Gasteiger partial charge on any atom is 0.238 e. The van der Waals surface area contributed by atoms with Gasteiger partial charge >= 0.3 is 0 Å². The van der Waals surface area contributed by atoms with Gasteiger partial charge in [-0.05, 0) is 74.2 Å². The van der Waals surface area contributed by atoms with Crippen molar-refractivity contribution < 1.29 is 8.42 Å². The van der Waals surface area contributed by atoms with Crippen LogP contribution in [0.5, 0.6) is 0 Å². The second-order valence-corrected chi connectivity index (χ2v) is 10.0. The van der Waals surface area contributed by atoms with E-state index in [0.717, 1.165) is 46.4 Å². The minimum absolute atomic E-state index is 0.134. The second kappa shape index (κ2) is 10.0. The summed E-state index contributed by atoms with van der Waals surface area (Å²) in [6.07, 6.45) is 2.83. The molecule has 2 aromatic carbocycles. The van der Waals surface area contributed by atoms with Gasteiger partial charge in [0.2, 0.25) is 10.0 Å². The van der Waals surface area contributed by atoms with E-state index >= 15 is 0 Å². The number of sulfonamides is 1. The number of benzene rings is 2. The Kier molecular flexibility index (Phi) is 7.67. The first-order valence-electron chi connectivity index (χ1n) is 9.50. The molecule has 0 amide bonds. The lowest BCUT2D eigenvalue weighted by molar-refractivity contribution is 0.316. The molecule has 0 fully saturated rings. The maximum absolute atomic E-state index is 11.3. The van der Waals surface area contributed by atoms with Gasteiger partial charge in [-0.1, -0.05) is 29.8 Å². The van der Waals surface area contributed by atoms with E-state index in [1.54, 1.807) is 24.3 Å². The van der Waals surface area contributed by atoms with Crippen LogP contribution in [0.15, 0.2) is 58.6 Å². The molecule has 1 atom stereocenters. The number of nitrogens with zero attached hydrogens (tertiary/aromatic N) is 1. The molecule has 1 aliphatic rings. The zero-order chi connectivity index (χ0) is 21.7. The summed E-state index contributed by atoms with van der Waals surface area (Å²) in [6, 6.07) is 12.8. The predicted molar refractivity (Wildman–Crippen MR) is 124 cm³/mol. The Balaban J connectivity index is 1.42. The van der Waals surface area contributed by atoms with E-state index in [9.17, 15) is 8.42 Å². The number of nitrogens with one attached hydrogen (secondary N) is 3. The number of hydrazine groups is 1. The zero-order valence-electron chi connectivity index (χ0n) is 16.9. The Morgan fingerprint density at radius 1 is 1.23 bits per heavy atom. The summed E-state index contributed by atoms with van der Waals surface area (Å²) in [6.45, 7) is 5.67. The molecule has 0 aromatic heterocycles. The van der Waals surface area contributed by atoms with E-state index in [4.69, 9.17) is 16.7 Å². The van der Waals surface area contributed by atoms with Crippen molar-refractivity contribution in [1.82, 2.24) is 15.2 Å². The summed E-state index contributed by atoms with van der Waals surface area (Å²) >= 11 is 7.70.